The zero-order chi connectivity index (χ0) is 15.2. The Bertz CT molecular complexity index is 458. The second kappa shape index (κ2) is 7.87. The van der Waals surface area contributed by atoms with Crippen LogP contribution in [0.4, 0.5) is 5.13 Å². The third-order valence-electron chi connectivity index (χ3n) is 4.06. The van der Waals surface area contributed by atoms with Crippen molar-refractivity contribution in [3.8, 4) is 0 Å². The summed E-state index contributed by atoms with van der Waals surface area (Å²) in [6.07, 6.45) is 4.99. The number of amides is 1. The van der Waals surface area contributed by atoms with Crippen LogP contribution in [0.3, 0.4) is 0 Å². The molecule has 118 valence electrons. The van der Waals surface area contributed by atoms with Gasteiger partial charge in [-0.2, -0.15) is 0 Å². The Kier molecular flexibility index (Phi) is 6.14. The third kappa shape index (κ3) is 4.25. The fourth-order valence-corrected chi connectivity index (χ4v) is 3.91. The van der Waals surface area contributed by atoms with Crippen LogP contribution in [-0.4, -0.2) is 46.6 Å². The molecule has 1 aromatic rings. The van der Waals surface area contributed by atoms with Gasteiger partial charge in [0.05, 0.1) is 12.3 Å². The molecule has 1 saturated carbocycles. The normalized spacial score (nSPS) is 15.8. The standard InChI is InChI=1S/C15H25N3O2S/c1-3-18(12(2)20)15-16-13(11-21-15)10-17(8-9-19)14-6-4-5-7-14/h11,14,19H,3-10H2,1-2H3. The van der Waals surface area contributed by atoms with Crippen LogP contribution in [0.15, 0.2) is 5.38 Å². The Balaban J connectivity index is 2.03. The minimum Gasteiger partial charge on any atom is -0.395 e. The lowest BCUT2D eigenvalue weighted by Crippen LogP contribution is -2.35. The van der Waals surface area contributed by atoms with Crippen LogP contribution in [0.25, 0.3) is 0 Å². The van der Waals surface area contributed by atoms with Crippen molar-refractivity contribution in [1.29, 1.82) is 0 Å². The Morgan fingerprint density at radius 3 is 2.76 bits per heavy atom. The molecule has 1 aromatic heterocycles. The van der Waals surface area contributed by atoms with Gasteiger partial charge in [0, 0.05) is 38.0 Å². The quantitative estimate of drug-likeness (QED) is 0.839. The van der Waals surface area contributed by atoms with E-state index in [2.05, 4.69) is 9.88 Å². The number of aliphatic hydroxyl groups excluding tert-OH is 1. The molecule has 1 heterocycles. The smallest absolute Gasteiger partial charge is 0.225 e. The predicted octanol–water partition coefficient (Wildman–Crippen LogP) is 2.25. The summed E-state index contributed by atoms with van der Waals surface area (Å²) in [5, 5.41) is 12.1. The first-order valence-corrected chi connectivity index (χ1v) is 8.61. The van der Waals surface area contributed by atoms with Crippen molar-refractivity contribution in [3.05, 3.63) is 11.1 Å². The summed E-state index contributed by atoms with van der Waals surface area (Å²) in [5.74, 6) is 0.0291. The van der Waals surface area contributed by atoms with Crippen molar-refractivity contribution in [2.75, 3.05) is 24.6 Å². The van der Waals surface area contributed by atoms with Crippen LogP contribution >= 0.6 is 11.3 Å². The molecule has 0 saturated heterocycles. The first-order chi connectivity index (χ1) is 10.2. The van der Waals surface area contributed by atoms with Crippen molar-refractivity contribution >= 4 is 22.4 Å². The lowest BCUT2D eigenvalue weighted by molar-refractivity contribution is -0.116. The first kappa shape index (κ1) is 16.4. The highest BCUT2D eigenvalue weighted by atomic mass is 32.1. The minimum absolute atomic E-state index is 0.0291. The molecule has 21 heavy (non-hydrogen) atoms. The van der Waals surface area contributed by atoms with Gasteiger partial charge in [0.1, 0.15) is 0 Å². The maximum Gasteiger partial charge on any atom is 0.225 e. The number of anilines is 1. The molecular weight excluding hydrogens is 286 g/mol. The molecule has 5 nitrogen and oxygen atoms in total. The molecule has 1 N–H and O–H groups in total. The van der Waals surface area contributed by atoms with E-state index in [0.717, 1.165) is 17.4 Å². The van der Waals surface area contributed by atoms with E-state index in [1.165, 1.54) is 37.0 Å². The third-order valence-corrected chi connectivity index (χ3v) is 4.97. The number of thiazole rings is 1. The molecule has 0 unspecified atom stereocenters. The molecule has 0 radical (unpaired) electrons. The summed E-state index contributed by atoms with van der Waals surface area (Å²) < 4.78 is 0. The average molecular weight is 311 g/mol. The first-order valence-electron chi connectivity index (χ1n) is 7.73. The Morgan fingerprint density at radius 1 is 1.48 bits per heavy atom. The second-order valence-electron chi connectivity index (χ2n) is 5.52. The molecule has 0 spiro atoms. The van der Waals surface area contributed by atoms with E-state index in [9.17, 15) is 9.90 Å². The summed E-state index contributed by atoms with van der Waals surface area (Å²) in [5.41, 5.74) is 0.995. The molecule has 0 bridgehead atoms. The number of aliphatic hydroxyl groups is 1. The number of carbonyl (C=O) groups is 1. The number of rotatable bonds is 7. The fourth-order valence-electron chi connectivity index (χ4n) is 2.98. The molecule has 6 heteroatoms. The summed E-state index contributed by atoms with van der Waals surface area (Å²) in [6, 6.07) is 0.567. The van der Waals surface area contributed by atoms with Crippen LogP contribution in [-0.2, 0) is 11.3 Å². The summed E-state index contributed by atoms with van der Waals surface area (Å²) >= 11 is 1.52. The van der Waals surface area contributed by atoms with Gasteiger partial charge in [0.2, 0.25) is 5.91 Å². The van der Waals surface area contributed by atoms with E-state index in [0.29, 0.717) is 19.1 Å². The molecule has 1 aliphatic carbocycles. The zero-order valence-corrected chi connectivity index (χ0v) is 13.7. The highest BCUT2D eigenvalue weighted by molar-refractivity contribution is 7.14. The van der Waals surface area contributed by atoms with Crippen molar-refractivity contribution < 1.29 is 9.90 Å². The maximum absolute atomic E-state index is 11.6. The van der Waals surface area contributed by atoms with Gasteiger partial charge < -0.3 is 5.11 Å². The molecule has 0 atom stereocenters. The molecule has 0 aromatic carbocycles. The Morgan fingerprint density at radius 2 is 2.19 bits per heavy atom. The van der Waals surface area contributed by atoms with E-state index in [-0.39, 0.29) is 12.5 Å². The molecule has 1 amide bonds. The Labute approximate surface area is 130 Å². The monoisotopic (exact) mass is 311 g/mol. The number of hydrogen-bond donors (Lipinski definition) is 1. The van der Waals surface area contributed by atoms with Crippen LogP contribution in [0.5, 0.6) is 0 Å². The maximum atomic E-state index is 11.6. The minimum atomic E-state index is 0.0291. The SMILES string of the molecule is CCN(C(C)=O)c1nc(CN(CCO)C2CCCC2)cs1. The lowest BCUT2D eigenvalue weighted by Gasteiger charge is -2.27. The number of carbonyl (C=O) groups excluding carboxylic acids is 1. The molecule has 2 rings (SSSR count). The van der Waals surface area contributed by atoms with Gasteiger partial charge >= 0.3 is 0 Å². The molecule has 1 fully saturated rings. The van der Waals surface area contributed by atoms with Gasteiger partial charge in [-0.05, 0) is 19.8 Å². The van der Waals surface area contributed by atoms with E-state index < -0.39 is 0 Å². The second-order valence-corrected chi connectivity index (χ2v) is 6.35. The fraction of sp³-hybridized carbons (Fsp3) is 0.733. The highest BCUT2D eigenvalue weighted by Gasteiger charge is 2.23. The molecular formula is C15H25N3O2S. The summed E-state index contributed by atoms with van der Waals surface area (Å²) in [7, 11) is 0. The van der Waals surface area contributed by atoms with Crippen molar-refractivity contribution in [3.63, 3.8) is 0 Å². The van der Waals surface area contributed by atoms with E-state index in [1.54, 1.807) is 11.8 Å². The lowest BCUT2D eigenvalue weighted by atomic mass is 10.2. The van der Waals surface area contributed by atoms with E-state index >= 15 is 0 Å². The van der Waals surface area contributed by atoms with Gasteiger partial charge in [-0.3, -0.25) is 14.6 Å². The van der Waals surface area contributed by atoms with Crippen molar-refractivity contribution in [1.82, 2.24) is 9.88 Å². The largest absolute Gasteiger partial charge is 0.395 e. The predicted molar refractivity (Wildman–Crippen MR) is 85.6 cm³/mol. The van der Waals surface area contributed by atoms with E-state index in [1.807, 2.05) is 12.3 Å². The van der Waals surface area contributed by atoms with Crippen molar-refractivity contribution in [2.45, 2.75) is 52.1 Å². The van der Waals surface area contributed by atoms with Crippen LogP contribution in [0.2, 0.25) is 0 Å². The molecule has 0 aliphatic heterocycles. The van der Waals surface area contributed by atoms with Crippen LogP contribution in [0.1, 0.15) is 45.2 Å². The number of nitrogens with zero attached hydrogens (tertiary/aromatic N) is 3. The molecule has 1 aliphatic rings. The van der Waals surface area contributed by atoms with Gasteiger partial charge in [-0.1, -0.05) is 12.8 Å². The number of hydrogen-bond acceptors (Lipinski definition) is 5. The van der Waals surface area contributed by atoms with Gasteiger partial charge in [-0.25, -0.2) is 4.98 Å². The zero-order valence-electron chi connectivity index (χ0n) is 12.9. The van der Waals surface area contributed by atoms with Gasteiger partial charge in [0.25, 0.3) is 0 Å². The summed E-state index contributed by atoms with van der Waals surface area (Å²) in [4.78, 5) is 20.2. The van der Waals surface area contributed by atoms with Gasteiger partial charge in [0.15, 0.2) is 5.13 Å². The topological polar surface area (TPSA) is 56.7 Å². The van der Waals surface area contributed by atoms with E-state index in [4.69, 9.17) is 0 Å². The highest BCUT2D eigenvalue weighted by Crippen LogP contribution is 2.26. The average Bonchev–Trinajstić information content (AvgIpc) is 3.10. The number of aromatic nitrogens is 1. The van der Waals surface area contributed by atoms with Gasteiger partial charge in [-0.15, -0.1) is 11.3 Å². The Hall–Kier alpha value is -0.980. The van der Waals surface area contributed by atoms with Crippen molar-refractivity contribution in [2.24, 2.45) is 0 Å². The summed E-state index contributed by atoms with van der Waals surface area (Å²) in [6.45, 7) is 5.81. The van der Waals surface area contributed by atoms with Crippen LogP contribution in [0, 0.1) is 0 Å². The van der Waals surface area contributed by atoms with Crippen LogP contribution < -0.4 is 4.90 Å².